The summed E-state index contributed by atoms with van der Waals surface area (Å²) in [6.07, 6.45) is 0. The average Bonchev–Trinajstić information content (AvgIpc) is 2.38. The summed E-state index contributed by atoms with van der Waals surface area (Å²) in [5.74, 6) is 0.780. The highest BCUT2D eigenvalue weighted by molar-refractivity contribution is 8.00. The van der Waals surface area contributed by atoms with E-state index in [-0.39, 0.29) is 18.3 Å². The third-order valence-electron chi connectivity index (χ3n) is 3.20. The zero-order valence-corrected chi connectivity index (χ0v) is 13.0. The Hall–Kier alpha value is -0.710. The number of nitrogens with zero attached hydrogens (tertiary/aromatic N) is 1. The molecule has 3 nitrogen and oxygen atoms in total. The summed E-state index contributed by atoms with van der Waals surface area (Å²) in [5.41, 5.74) is 1.25. The standard InChI is InChI=1S/C14H20N2OS.ClH/c1-11-3-5-13(6-4-11)18-10-14(17)16-8-7-15-9-12(16)2;/h3-6,12,15H,7-10H2,1-2H3;1H/t12-;/m1./s1. The molecule has 2 rings (SSSR count). The first-order valence-electron chi connectivity index (χ1n) is 6.36. The number of nitrogens with one attached hydrogen (secondary N) is 1. The van der Waals surface area contributed by atoms with Crippen molar-refractivity contribution in [2.75, 3.05) is 25.4 Å². The minimum Gasteiger partial charge on any atom is -0.337 e. The lowest BCUT2D eigenvalue weighted by molar-refractivity contribution is -0.131. The van der Waals surface area contributed by atoms with Crippen LogP contribution in [0.3, 0.4) is 0 Å². The first-order valence-corrected chi connectivity index (χ1v) is 7.35. The van der Waals surface area contributed by atoms with Gasteiger partial charge in [-0.25, -0.2) is 0 Å². The molecule has 0 bridgehead atoms. The van der Waals surface area contributed by atoms with E-state index in [2.05, 4.69) is 43.4 Å². The summed E-state index contributed by atoms with van der Waals surface area (Å²) in [6, 6.07) is 8.63. The number of piperazine rings is 1. The number of carbonyl (C=O) groups excluding carboxylic acids is 1. The maximum absolute atomic E-state index is 12.1. The Kier molecular flexibility index (Phi) is 6.69. The van der Waals surface area contributed by atoms with Gasteiger partial charge in [-0.15, -0.1) is 24.2 Å². The zero-order valence-electron chi connectivity index (χ0n) is 11.4. The number of halogens is 1. The Labute approximate surface area is 125 Å². The Morgan fingerprint density at radius 1 is 1.42 bits per heavy atom. The van der Waals surface area contributed by atoms with Crippen molar-refractivity contribution in [1.29, 1.82) is 0 Å². The molecule has 1 aliphatic rings. The first kappa shape index (κ1) is 16.3. The van der Waals surface area contributed by atoms with Crippen LogP contribution >= 0.6 is 24.2 Å². The largest absolute Gasteiger partial charge is 0.337 e. The van der Waals surface area contributed by atoms with Crippen molar-refractivity contribution in [3.8, 4) is 0 Å². The molecule has 19 heavy (non-hydrogen) atoms. The number of rotatable bonds is 3. The van der Waals surface area contributed by atoms with Crippen molar-refractivity contribution in [2.45, 2.75) is 24.8 Å². The second-order valence-electron chi connectivity index (χ2n) is 4.74. The van der Waals surface area contributed by atoms with Crippen LogP contribution in [0.4, 0.5) is 0 Å². The molecular formula is C14H21ClN2OS. The molecule has 0 spiro atoms. The summed E-state index contributed by atoms with van der Waals surface area (Å²) in [6.45, 7) is 6.81. The van der Waals surface area contributed by atoms with Gasteiger partial charge in [0, 0.05) is 30.6 Å². The van der Waals surface area contributed by atoms with E-state index in [0.717, 1.165) is 24.5 Å². The number of thioether (sulfide) groups is 1. The van der Waals surface area contributed by atoms with Gasteiger partial charge in [0.25, 0.3) is 0 Å². The predicted molar refractivity (Wildman–Crippen MR) is 83.2 cm³/mol. The van der Waals surface area contributed by atoms with Gasteiger partial charge in [0.05, 0.1) is 5.75 Å². The van der Waals surface area contributed by atoms with Gasteiger partial charge in [-0.1, -0.05) is 17.7 Å². The smallest absolute Gasteiger partial charge is 0.233 e. The Bertz CT molecular complexity index is 410. The maximum atomic E-state index is 12.1. The number of carbonyl (C=O) groups is 1. The predicted octanol–water partition coefficient (Wildman–Crippen LogP) is 2.33. The van der Waals surface area contributed by atoms with Gasteiger partial charge < -0.3 is 10.2 Å². The fourth-order valence-corrected chi connectivity index (χ4v) is 2.86. The van der Waals surface area contributed by atoms with Crippen molar-refractivity contribution >= 4 is 30.1 Å². The van der Waals surface area contributed by atoms with E-state index >= 15 is 0 Å². The lowest BCUT2D eigenvalue weighted by Crippen LogP contribution is -2.52. The number of benzene rings is 1. The molecule has 1 aromatic rings. The molecule has 1 saturated heterocycles. The molecular weight excluding hydrogens is 280 g/mol. The van der Waals surface area contributed by atoms with Crippen LogP contribution in [0.25, 0.3) is 0 Å². The van der Waals surface area contributed by atoms with Gasteiger partial charge in [0.15, 0.2) is 0 Å². The van der Waals surface area contributed by atoms with Gasteiger partial charge in [-0.3, -0.25) is 4.79 Å². The molecule has 1 aliphatic heterocycles. The normalized spacial score (nSPS) is 18.8. The van der Waals surface area contributed by atoms with Crippen LogP contribution in [0, 0.1) is 6.92 Å². The molecule has 0 aliphatic carbocycles. The molecule has 5 heteroatoms. The van der Waals surface area contributed by atoms with E-state index in [4.69, 9.17) is 0 Å². The number of aryl methyl sites for hydroxylation is 1. The van der Waals surface area contributed by atoms with Crippen LogP contribution in [0.5, 0.6) is 0 Å². The summed E-state index contributed by atoms with van der Waals surface area (Å²) < 4.78 is 0. The maximum Gasteiger partial charge on any atom is 0.233 e. The lowest BCUT2D eigenvalue weighted by atomic mass is 10.2. The quantitative estimate of drug-likeness (QED) is 0.870. The van der Waals surface area contributed by atoms with Crippen molar-refractivity contribution in [1.82, 2.24) is 10.2 Å². The van der Waals surface area contributed by atoms with E-state index < -0.39 is 0 Å². The van der Waals surface area contributed by atoms with E-state index in [0.29, 0.717) is 11.8 Å². The molecule has 106 valence electrons. The molecule has 1 fully saturated rings. The van der Waals surface area contributed by atoms with Crippen LogP contribution in [-0.4, -0.2) is 42.2 Å². The highest BCUT2D eigenvalue weighted by Crippen LogP contribution is 2.19. The number of hydrogen-bond acceptors (Lipinski definition) is 3. The third-order valence-corrected chi connectivity index (χ3v) is 4.20. The van der Waals surface area contributed by atoms with Crippen LogP contribution in [0.2, 0.25) is 0 Å². The highest BCUT2D eigenvalue weighted by atomic mass is 35.5. The van der Waals surface area contributed by atoms with Gasteiger partial charge in [-0.05, 0) is 26.0 Å². The molecule has 1 atom stereocenters. The fraction of sp³-hybridized carbons (Fsp3) is 0.500. The SMILES string of the molecule is Cc1ccc(SCC(=O)N2CCNC[C@H]2C)cc1.Cl. The Balaban J connectivity index is 0.00000180. The molecule has 0 unspecified atom stereocenters. The average molecular weight is 301 g/mol. The second kappa shape index (κ2) is 7.78. The minimum atomic E-state index is 0. The molecule has 0 aromatic heterocycles. The van der Waals surface area contributed by atoms with Crippen molar-refractivity contribution in [2.24, 2.45) is 0 Å². The zero-order chi connectivity index (χ0) is 13.0. The molecule has 1 N–H and O–H groups in total. The van der Waals surface area contributed by atoms with Gasteiger partial charge >= 0.3 is 0 Å². The van der Waals surface area contributed by atoms with E-state index in [1.807, 2.05) is 4.90 Å². The van der Waals surface area contributed by atoms with Crippen LogP contribution < -0.4 is 5.32 Å². The monoisotopic (exact) mass is 300 g/mol. The topological polar surface area (TPSA) is 32.3 Å². The van der Waals surface area contributed by atoms with Crippen molar-refractivity contribution in [3.63, 3.8) is 0 Å². The molecule has 0 saturated carbocycles. The van der Waals surface area contributed by atoms with Gasteiger partial charge in [0.2, 0.25) is 5.91 Å². The number of amides is 1. The molecule has 1 aromatic carbocycles. The Morgan fingerprint density at radius 3 is 2.74 bits per heavy atom. The van der Waals surface area contributed by atoms with E-state index in [1.54, 1.807) is 11.8 Å². The third kappa shape index (κ3) is 4.71. The Morgan fingerprint density at radius 2 is 2.11 bits per heavy atom. The first-order chi connectivity index (χ1) is 8.66. The fourth-order valence-electron chi connectivity index (χ4n) is 2.07. The highest BCUT2D eigenvalue weighted by Gasteiger charge is 2.22. The van der Waals surface area contributed by atoms with Crippen LogP contribution in [0.15, 0.2) is 29.2 Å². The van der Waals surface area contributed by atoms with Crippen molar-refractivity contribution in [3.05, 3.63) is 29.8 Å². The lowest BCUT2D eigenvalue weighted by Gasteiger charge is -2.33. The molecule has 1 heterocycles. The summed E-state index contributed by atoms with van der Waals surface area (Å²) >= 11 is 1.62. The second-order valence-corrected chi connectivity index (χ2v) is 5.79. The summed E-state index contributed by atoms with van der Waals surface area (Å²) in [5, 5.41) is 3.30. The van der Waals surface area contributed by atoms with E-state index in [1.165, 1.54) is 5.56 Å². The molecule has 1 amide bonds. The van der Waals surface area contributed by atoms with Gasteiger partial charge in [0.1, 0.15) is 0 Å². The number of hydrogen-bond donors (Lipinski definition) is 1. The van der Waals surface area contributed by atoms with Crippen LogP contribution in [-0.2, 0) is 4.79 Å². The molecule has 0 radical (unpaired) electrons. The van der Waals surface area contributed by atoms with Crippen LogP contribution in [0.1, 0.15) is 12.5 Å². The van der Waals surface area contributed by atoms with E-state index in [9.17, 15) is 4.79 Å². The summed E-state index contributed by atoms with van der Waals surface area (Å²) in [4.78, 5) is 15.3. The minimum absolute atomic E-state index is 0. The van der Waals surface area contributed by atoms with Gasteiger partial charge in [-0.2, -0.15) is 0 Å². The van der Waals surface area contributed by atoms with Crippen molar-refractivity contribution < 1.29 is 4.79 Å². The summed E-state index contributed by atoms with van der Waals surface area (Å²) in [7, 11) is 0.